The molecule has 9 heavy (non-hydrogen) atoms. The highest BCUT2D eigenvalue weighted by Crippen LogP contribution is 1.83. The summed E-state index contributed by atoms with van der Waals surface area (Å²) in [7, 11) is 0. The van der Waals surface area contributed by atoms with Gasteiger partial charge in [0.05, 0.1) is 6.54 Å². The van der Waals surface area contributed by atoms with Crippen LogP contribution in [0.25, 0.3) is 0 Å². The smallest absolute Gasteiger partial charge is 0.292 e. The van der Waals surface area contributed by atoms with E-state index in [1.165, 1.54) is 5.01 Å². The van der Waals surface area contributed by atoms with Crippen LogP contribution in [0.2, 0.25) is 0 Å². The molecule has 1 fully saturated rings. The molecule has 0 atom stereocenters. The van der Waals surface area contributed by atoms with Gasteiger partial charge in [0.1, 0.15) is 0 Å². The van der Waals surface area contributed by atoms with Gasteiger partial charge in [-0.15, -0.1) is 0 Å². The zero-order chi connectivity index (χ0) is 6.69. The van der Waals surface area contributed by atoms with E-state index >= 15 is 0 Å². The van der Waals surface area contributed by atoms with E-state index in [0.717, 1.165) is 0 Å². The van der Waals surface area contributed by atoms with Crippen LogP contribution < -0.4 is 11.0 Å². The summed E-state index contributed by atoms with van der Waals surface area (Å²) in [5.74, 6) is -0.542. The fourth-order valence-electron chi connectivity index (χ4n) is 0.604. The van der Waals surface area contributed by atoms with Crippen LogP contribution in [0.3, 0.4) is 0 Å². The fraction of sp³-hybridized carbons (Fsp3) is 0.500. The zero-order valence-corrected chi connectivity index (χ0v) is 4.76. The van der Waals surface area contributed by atoms with Crippen LogP contribution in [0.4, 0.5) is 0 Å². The van der Waals surface area contributed by atoms with E-state index < -0.39 is 5.91 Å². The van der Waals surface area contributed by atoms with Gasteiger partial charge in [0, 0.05) is 6.54 Å². The number of amides is 1. The van der Waals surface area contributed by atoms with Crippen LogP contribution in [-0.4, -0.2) is 30.3 Å². The number of nitrogens with one attached hydrogen (secondary N) is 2. The van der Waals surface area contributed by atoms with Crippen LogP contribution in [0.15, 0.2) is 0 Å². The summed E-state index contributed by atoms with van der Waals surface area (Å²) in [6, 6.07) is 0. The summed E-state index contributed by atoms with van der Waals surface area (Å²) in [5.41, 5.74) is 5.19. The average Bonchev–Trinajstić information content (AvgIpc) is 2.37. The van der Waals surface area contributed by atoms with Crippen molar-refractivity contribution in [3.05, 3.63) is 0 Å². The summed E-state index contributed by atoms with van der Waals surface area (Å²) in [6.07, 6.45) is 0.278. The van der Waals surface area contributed by atoms with Gasteiger partial charge in [0.2, 0.25) is 6.29 Å². The van der Waals surface area contributed by atoms with Crippen molar-refractivity contribution in [2.24, 2.45) is 0 Å². The quantitative estimate of drug-likeness (QED) is 0.318. The van der Waals surface area contributed by atoms with Crippen molar-refractivity contribution in [3.8, 4) is 0 Å². The minimum absolute atomic E-state index is 0.278. The molecule has 5 heteroatoms. The van der Waals surface area contributed by atoms with Crippen LogP contribution in [-0.2, 0) is 9.59 Å². The van der Waals surface area contributed by atoms with Crippen molar-refractivity contribution < 1.29 is 9.59 Å². The molecule has 2 N–H and O–H groups in total. The van der Waals surface area contributed by atoms with E-state index in [2.05, 4.69) is 11.0 Å². The van der Waals surface area contributed by atoms with E-state index in [1.54, 1.807) is 0 Å². The molecule has 1 saturated heterocycles. The largest absolute Gasteiger partial charge is 0.301 e. The summed E-state index contributed by atoms with van der Waals surface area (Å²) in [6.45, 7) is 1.22. The lowest BCUT2D eigenvalue weighted by atomic mass is 10.6. The second-order valence-corrected chi connectivity index (χ2v) is 1.65. The Kier molecular flexibility index (Phi) is 1.76. The second-order valence-electron chi connectivity index (χ2n) is 1.65. The topological polar surface area (TPSA) is 61.4 Å². The number of carbonyl (C=O) groups excluding carboxylic acids is 2. The lowest BCUT2D eigenvalue weighted by Crippen LogP contribution is -2.41. The third-order valence-corrected chi connectivity index (χ3v) is 1.04. The molecule has 1 aliphatic rings. The maximum Gasteiger partial charge on any atom is 0.301 e. The van der Waals surface area contributed by atoms with Gasteiger partial charge in [-0.3, -0.25) is 14.6 Å². The molecule has 50 valence electrons. The van der Waals surface area contributed by atoms with Gasteiger partial charge in [-0.2, -0.15) is 5.53 Å². The Labute approximate surface area is 52.0 Å². The maximum atomic E-state index is 10.5. The molecule has 0 bridgehead atoms. The number of nitrogens with zero attached hydrogens (tertiary/aromatic N) is 1. The molecule has 1 rings (SSSR count). The van der Waals surface area contributed by atoms with Gasteiger partial charge >= 0.3 is 5.91 Å². The van der Waals surface area contributed by atoms with Crippen LogP contribution in [0, 0.1) is 0 Å². The minimum Gasteiger partial charge on any atom is -0.292 e. The molecule has 5 nitrogen and oxygen atoms in total. The van der Waals surface area contributed by atoms with E-state index in [4.69, 9.17) is 0 Å². The van der Waals surface area contributed by atoms with Crippen LogP contribution in [0.5, 0.6) is 0 Å². The third kappa shape index (κ3) is 1.24. The molecule has 1 aliphatic heterocycles. The minimum atomic E-state index is -0.542. The van der Waals surface area contributed by atoms with Crippen LogP contribution >= 0.6 is 0 Å². The van der Waals surface area contributed by atoms with Gasteiger partial charge in [-0.1, -0.05) is 0 Å². The number of carbonyl (C=O) groups is 2. The maximum absolute atomic E-state index is 10.5. The zero-order valence-electron chi connectivity index (χ0n) is 4.76. The molecular weight excluding hydrogens is 122 g/mol. The SMILES string of the molecule is O=CC(=O)N1CCNN1. The number of aldehydes is 1. The summed E-state index contributed by atoms with van der Waals surface area (Å²) in [5, 5.41) is 1.22. The average molecular weight is 129 g/mol. The molecular formula is C4H7N3O2. The first-order chi connectivity index (χ1) is 4.34. The van der Waals surface area contributed by atoms with Gasteiger partial charge in [0.25, 0.3) is 0 Å². The van der Waals surface area contributed by atoms with Crippen molar-refractivity contribution in [2.75, 3.05) is 13.1 Å². The molecule has 0 aliphatic carbocycles. The molecule has 1 amide bonds. The highest BCUT2D eigenvalue weighted by molar-refractivity contribution is 6.23. The number of hydrogen-bond donors (Lipinski definition) is 2. The first-order valence-electron chi connectivity index (χ1n) is 2.60. The molecule has 0 aromatic carbocycles. The van der Waals surface area contributed by atoms with Crippen molar-refractivity contribution in [2.45, 2.75) is 0 Å². The van der Waals surface area contributed by atoms with Gasteiger partial charge < -0.3 is 0 Å². The number of hydrazine groups is 2. The predicted molar refractivity (Wildman–Crippen MR) is 28.9 cm³/mol. The van der Waals surface area contributed by atoms with Gasteiger partial charge in [-0.25, -0.2) is 5.43 Å². The van der Waals surface area contributed by atoms with Crippen molar-refractivity contribution in [1.29, 1.82) is 0 Å². The van der Waals surface area contributed by atoms with E-state index in [-0.39, 0.29) is 6.29 Å². The van der Waals surface area contributed by atoms with Crippen molar-refractivity contribution in [1.82, 2.24) is 16.0 Å². The summed E-state index contributed by atoms with van der Waals surface area (Å²) in [4.78, 5) is 20.3. The highest BCUT2D eigenvalue weighted by atomic mass is 16.2. The lowest BCUT2D eigenvalue weighted by molar-refractivity contribution is -0.140. The predicted octanol–water partition coefficient (Wildman–Crippen LogP) is -1.96. The molecule has 0 saturated carbocycles. The lowest BCUT2D eigenvalue weighted by Gasteiger charge is -2.08. The molecule has 0 radical (unpaired) electrons. The second kappa shape index (κ2) is 2.56. The molecule has 0 aromatic rings. The highest BCUT2D eigenvalue weighted by Gasteiger charge is 2.15. The molecule has 1 heterocycles. The number of hydrogen-bond acceptors (Lipinski definition) is 4. The molecule has 0 aromatic heterocycles. The van der Waals surface area contributed by atoms with Gasteiger partial charge in [0.15, 0.2) is 0 Å². The first-order valence-corrected chi connectivity index (χ1v) is 2.60. The first kappa shape index (κ1) is 6.18. The fourth-order valence-corrected chi connectivity index (χ4v) is 0.604. The van der Waals surface area contributed by atoms with E-state index in [0.29, 0.717) is 13.1 Å². The third-order valence-electron chi connectivity index (χ3n) is 1.04. The Hall–Kier alpha value is -0.940. The Bertz CT molecular complexity index is 130. The summed E-state index contributed by atoms with van der Waals surface area (Å²) < 4.78 is 0. The Morgan fingerprint density at radius 1 is 1.67 bits per heavy atom. The number of rotatable bonds is 1. The van der Waals surface area contributed by atoms with E-state index in [1.807, 2.05) is 0 Å². The van der Waals surface area contributed by atoms with Crippen LogP contribution in [0.1, 0.15) is 0 Å². The summed E-state index contributed by atoms with van der Waals surface area (Å²) >= 11 is 0. The standard InChI is InChI=1S/C4H7N3O2/c8-3-4(9)7-2-1-5-6-7/h3,5-6H,1-2H2. The molecule has 0 unspecified atom stereocenters. The normalized spacial score (nSPS) is 18.0. The molecule has 0 spiro atoms. The van der Waals surface area contributed by atoms with Crippen molar-refractivity contribution in [3.63, 3.8) is 0 Å². The Morgan fingerprint density at radius 2 is 2.44 bits per heavy atom. The van der Waals surface area contributed by atoms with E-state index in [9.17, 15) is 9.59 Å². The van der Waals surface area contributed by atoms with Crippen molar-refractivity contribution >= 4 is 12.2 Å². The monoisotopic (exact) mass is 129 g/mol. The Morgan fingerprint density at radius 3 is 2.89 bits per heavy atom. The van der Waals surface area contributed by atoms with Gasteiger partial charge in [-0.05, 0) is 0 Å². The Balaban J connectivity index is 2.41.